The normalized spacial score (nSPS) is 11.6. The highest BCUT2D eigenvalue weighted by atomic mass is 15.0. The monoisotopic (exact) mass is 575 g/mol. The fraction of sp³-hybridized carbons (Fsp3) is 0. The molecule has 0 aliphatic heterocycles. The van der Waals surface area contributed by atoms with Gasteiger partial charge in [-0.3, -0.25) is 9.38 Å². The second kappa shape index (κ2) is 10.2. The number of benzene rings is 4. The van der Waals surface area contributed by atoms with Gasteiger partial charge in [0.25, 0.3) is 0 Å². The number of fused-ring (bicyclic) bond motifs is 5. The van der Waals surface area contributed by atoms with Crippen molar-refractivity contribution in [1.29, 1.82) is 0 Å². The van der Waals surface area contributed by atoms with Gasteiger partial charge >= 0.3 is 0 Å². The summed E-state index contributed by atoms with van der Waals surface area (Å²) in [7, 11) is 0. The average Bonchev–Trinajstić information content (AvgIpc) is 3.51. The molecular formula is C40H25N5. The van der Waals surface area contributed by atoms with Crippen LogP contribution in [0.4, 0.5) is 0 Å². The Balaban J connectivity index is 1.15. The molecule has 4 aromatic carbocycles. The summed E-state index contributed by atoms with van der Waals surface area (Å²) in [5, 5.41) is 4.39. The molecule has 0 spiro atoms. The minimum absolute atomic E-state index is 0.849. The van der Waals surface area contributed by atoms with E-state index in [2.05, 4.69) is 108 Å². The first kappa shape index (κ1) is 25.3. The topological polar surface area (TPSA) is 56.0 Å². The lowest BCUT2D eigenvalue weighted by atomic mass is 10.0. The number of rotatable bonds is 4. The molecule has 9 aromatic rings. The van der Waals surface area contributed by atoms with E-state index in [1.54, 1.807) is 0 Å². The molecule has 0 amide bonds. The van der Waals surface area contributed by atoms with Gasteiger partial charge in [-0.05, 0) is 35.7 Å². The first-order valence-electron chi connectivity index (χ1n) is 15.0. The molecule has 0 atom stereocenters. The average molecular weight is 576 g/mol. The van der Waals surface area contributed by atoms with Crippen molar-refractivity contribution in [1.82, 2.24) is 24.3 Å². The molecular weight excluding hydrogens is 550 g/mol. The lowest BCUT2D eigenvalue weighted by Gasteiger charge is -2.10. The molecule has 0 aliphatic rings. The van der Waals surface area contributed by atoms with Gasteiger partial charge in [-0.15, -0.1) is 0 Å². The minimum atomic E-state index is 0.849. The van der Waals surface area contributed by atoms with Gasteiger partial charge in [0, 0.05) is 45.2 Å². The van der Waals surface area contributed by atoms with Crippen LogP contribution in [0.5, 0.6) is 0 Å². The van der Waals surface area contributed by atoms with E-state index in [9.17, 15) is 0 Å². The Morgan fingerprint density at radius 1 is 0.422 bits per heavy atom. The first-order chi connectivity index (χ1) is 22.3. The van der Waals surface area contributed by atoms with Crippen LogP contribution in [0.3, 0.4) is 0 Å². The molecule has 0 N–H and O–H groups in total. The van der Waals surface area contributed by atoms with E-state index in [4.69, 9.17) is 19.9 Å². The zero-order valence-electron chi connectivity index (χ0n) is 24.2. The molecule has 0 saturated carbocycles. The summed E-state index contributed by atoms with van der Waals surface area (Å²) < 4.78 is 2.14. The molecule has 0 unspecified atom stereocenters. The third-order valence-corrected chi connectivity index (χ3v) is 8.45. The molecule has 0 saturated heterocycles. The fourth-order valence-corrected chi connectivity index (χ4v) is 6.16. The smallest absolute Gasteiger partial charge is 0.138 e. The second-order valence-electron chi connectivity index (χ2n) is 11.2. The van der Waals surface area contributed by atoms with Crippen LogP contribution >= 0.6 is 0 Å². The Morgan fingerprint density at radius 2 is 1.02 bits per heavy atom. The van der Waals surface area contributed by atoms with Crippen molar-refractivity contribution in [3.63, 3.8) is 0 Å². The maximum atomic E-state index is 5.15. The maximum Gasteiger partial charge on any atom is 0.138 e. The van der Waals surface area contributed by atoms with Gasteiger partial charge < -0.3 is 0 Å². The minimum Gasteiger partial charge on any atom is -0.299 e. The highest BCUT2D eigenvalue weighted by Gasteiger charge is 2.18. The van der Waals surface area contributed by atoms with E-state index in [0.29, 0.717) is 0 Å². The Labute approximate surface area is 259 Å². The van der Waals surface area contributed by atoms with Crippen LogP contribution in [0.2, 0.25) is 0 Å². The van der Waals surface area contributed by atoms with Crippen LogP contribution in [0.1, 0.15) is 0 Å². The van der Waals surface area contributed by atoms with E-state index < -0.39 is 0 Å². The Morgan fingerprint density at radius 3 is 1.76 bits per heavy atom. The summed E-state index contributed by atoms with van der Waals surface area (Å²) in [5.41, 5.74) is 10.4. The van der Waals surface area contributed by atoms with E-state index in [1.165, 1.54) is 0 Å². The maximum absolute atomic E-state index is 5.15. The summed E-state index contributed by atoms with van der Waals surface area (Å²) in [6.07, 6.45) is 3.98. The van der Waals surface area contributed by atoms with Gasteiger partial charge in [-0.1, -0.05) is 109 Å². The summed E-state index contributed by atoms with van der Waals surface area (Å²) in [4.78, 5) is 20.1. The van der Waals surface area contributed by atoms with E-state index >= 15 is 0 Å². The summed E-state index contributed by atoms with van der Waals surface area (Å²) in [6.45, 7) is 0. The van der Waals surface area contributed by atoms with Crippen molar-refractivity contribution in [2.24, 2.45) is 0 Å². The van der Waals surface area contributed by atoms with Gasteiger partial charge in [-0.25, -0.2) is 15.0 Å². The van der Waals surface area contributed by atoms with Crippen LogP contribution in [-0.4, -0.2) is 24.3 Å². The highest BCUT2D eigenvalue weighted by Crippen LogP contribution is 2.35. The SMILES string of the molecule is c1ccc(-c2ccc3ccc4ccc(-c5ccc(-c6c(-c7cc8ccccc8cn7)nc7ccccn67)cc5)nc4c3n2)cc1. The molecule has 5 aromatic heterocycles. The van der Waals surface area contributed by atoms with Crippen LogP contribution < -0.4 is 0 Å². The molecule has 9 rings (SSSR count). The molecule has 0 radical (unpaired) electrons. The van der Waals surface area contributed by atoms with Crippen molar-refractivity contribution < 1.29 is 0 Å². The van der Waals surface area contributed by atoms with Crippen LogP contribution in [0.15, 0.2) is 152 Å². The van der Waals surface area contributed by atoms with Crippen molar-refractivity contribution >= 4 is 38.2 Å². The lowest BCUT2D eigenvalue weighted by Crippen LogP contribution is -1.92. The molecule has 0 aliphatic carbocycles. The van der Waals surface area contributed by atoms with Crippen molar-refractivity contribution in [2.45, 2.75) is 0 Å². The number of hydrogen-bond acceptors (Lipinski definition) is 4. The second-order valence-corrected chi connectivity index (χ2v) is 11.2. The van der Waals surface area contributed by atoms with Crippen molar-refractivity contribution in [3.05, 3.63) is 152 Å². The van der Waals surface area contributed by atoms with E-state index in [0.717, 1.165) is 83.4 Å². The fourth-order valence-electron chi connectivity index (χ4n) is 6.16. The number of nitrogens with zero attached hydrogens (tertiary/aromatic N) is 5. The Kier molecular flexibility index (Phi) is 5.74. The van der Waals surface area contributed by atoms with Gasteiger partial charge in [0.15, 0.2) is 0 Å². The van der Waals surface area contributed by atoms with E-state index in [1.807, 2.05) is 48.7 Å². The van der Waals surface area contributed by atoms with Crippen LogP contribution in [0.25, 0.3) is 83.4 Å². The number of pyridine rings is 4. The molecule has 5 heteroatoms. The molecule has 45 heavy (non-hydrogen) atoms. The highest BCUT2D eigenvalue weighted by molar-refractivity contribution is 6.04. The number of imidazole rings is 1. The summed E-state index contributed by atoms with van der Waals surface area (Å²) in [5.74, 6) is 0. The molecule has 0 bridgehead atoms. The van der Waals surface area contributed by atoms with Gasteiger partial charge in [-0.2, -0.15) is 0 Å². The first-order valence-corrected chi connectivity index (χ1v) is 15.0. The van der Waals surface area contributed by atoms with Crippen LogP contribution in [0, 0.1) is 0 Å². The standard InChI is InChI=1S/C40H25N5/c1-2-8-26(9-3-1)33-21-19-28-15-16-29-20-22-34(43-38(29)37(28)42-33)27-13-17-30(18-14-27)40-39(44-36-12-6-7-23-45(36)40)35-24-31-10-4-5-11-32(31)25-41-35/h1-25H. The third kappa shape index (κ3) is 4.33. The molecule has 0 fully saturated rings. The van der Waals surface area contributed by atoms with Crippen molar-refractivity contribution in [2.75, 3.05) is 0 Å². The zero-order valence-corrected chi connectivity index (χ0v) is 24.2. The molecule has 5 heterocycles. The zero-order chi connectivity index (χ0) is 29.7. The summed E-state index contributed by atoms with van der Waals surface area (Å²) >= 11 is 0. The van der Waals surface area contributed by atoms with Crippen LogP contribution in [-0.2, 0) is 0 Å². The predicted octanol–water partition coefficient (Wildman–Crippen LogP) is 9.65. The third-order valence-electron chi connectivity index (χ3n) is 8.45. The van der Waals surface area contributed by atoms with Gasteiger partial charge in [0.1, 0.15) is 11.3 Å². The lowest BCUT2D eigenvalue weighted by molar-refractivity contribution is 1.19. The largest absolute Gasteiger partial charge is 0.299 e. The van der Waals surface area contributed by atoms with Gasteiger partial charge in [0.2, 0.25) is 0 Å². The number of hydrogen-bond donors (Lipinski definition) is 0. The summed E-state index contributed by atoms with van der Waals surface area (Å²) in [6, 6.07) is 48.0. The van der Waals surface area contributed by atoms with Crippen molar-refractivity contribution in [3.8, 4) is 45.2 Å². The van der Waals surface area contributed by atoms with Gasteiger partial charge in [0.05, 0.1) is 33.8 Å². The Hall–Kier alpha value is -6.20. The molecule has 5 nitrogen and oxygen atoms in total. The predicted molar refractivity (Wildman–Crippen MR) is 183 cm³/mol. The van der Waals surface area contributed by atoms with E-state index in [-0.39, 0.29) is 0 Å². The molecule has 210 valence electrons. The quantitative estimate of drug-likeness (QED) is 0.196. The Bertz CT molecular complexity index is 2530. The number of aromatic nitrogens is 5.